The van der Waals surface area contributed by atoms with Gasteiger partial charge in [0.25, 0.3) is 0 Å². The molecule has 0 spiro atoms. The Bertz CT molecular complexity index is 469. The fourth-order valence-electron chi connectivity index (χ4n) is 1.25. The summed E-state index contributed by atoms with van der Waals surface area (Å²) in [6.07, 6.45) is 1.45. The minimum Gasteiger partial charge on any atom is -0.476 e. The smallest absolute Gasteiger partial charge is 0.356 e. The van der Waals surface area contributed by atoms with Crippen molar-refractivity contribution in [3.63, 3.8) is 0 Å². The lowest BCUT2D eigenvalue weighted by Crippen LogP contribution is -2.41. The van der Waals surface area contributed by atoms with Gasteiger partial charge in [-0.25, -0.2) is 9.59 Å². The third-order valence-electron chi connectivity index (χ3n) is 2.28. The van der Waals surface area contributed by atoms with Gasteiger partial charge in [0.05, 0.1) is 0 Å². The molecule has 0 aliphatic carbocycles. The van der Waals surface area contributed by atoms with Gasteiger partial charge >= 0.3 is 11.9 Å². The van der Waals surface area contributed by atoms with Crippen LogP contribution in [0.5, 0.6) is 0 Å². The number of rotatable bonds is 3. The average molecular weight is 254 g/mol. The Kier molecular flexibility index (Phi) is 3.50. The molecule has 0 unspecified atom stereocenters. The van der Waals surface area contributed by atoms with E-state index in [4.69, 9.17) is 9.84 Å². The highest BCUT2D eigenvalue weighted by molar-refractivity contribution is 5.85. The summed E-state index contributed by atoms with van der Waals surface area (Å²) in [6.45, 7) is 8.56. The molecule has 0 aromatic carbocycles. The van der Waals surface area contributed by atoms with Crippen molar-refractivity contribution in [2.24, 2.45) is 0 Å². The first-order valence-electron chi connectivity index (χ1n) is 5.57. The van der Waals surface area contributed by atoms with E-state index in [0.29, 0.717) is 0 Å². The van der Waals surface area contributed by atoms with Crippen LogP contribution >= 0.6 is 0 Å². The second-order valence-electron chi connectivity index (χ2n) is 5.51. The van der Waals surface area contributed by atoms with E-state index < -0.39 is 23.1 Å². The molecular formula is C12H18N2O4. The number of carbonyl (C=O) groups is 2. The summed E-state index contributed by atoms with van der Waals surface area (Å²) in [7, 11) is 0. The summed E-state index contributed by atoms with van der Waals surface area (Å²) >= 11 is 0. The van der Waals surface area contributed by atoms with Crippen molar-refractivity contribution < 1.29 is 19.4 Å². The van der Waals surface area contributed by atoms with Crippen LogP contribution in [0.15, 0.2) is 12.3 Å². The number of aromatic nitrogens is 2. The zero-order chi connectivity index (χ0) is 14.1. The number of carboxylic acids is 1. The maximum absolute atomic E-state index is 12.0. The van der Waals surface area contributed by atoms with Crippen molar-refractivity contribution in [3.8, 4) is 0 Å². The SMILES string of the molecule is CC(C)(C)OC(=O)C(C)(C)n1ccc(C(=O)O)n1. The van der Waals surface area contributed by atoms with Crippen molar-refractivity contribution in [1.82, 2.24) is 9.78 Å². The van der Waals surface area contributed by atoms with Crippen LogP contribution in [0, 0.1) is 0 Å². The quantitative estimate of drug-likeness (QED) is 0.829. The predicted molar refractivity (Wildman–Crippen MR) is 64.4 cm³/mol. The molecule has 6 heteroatoms. The van der Waals surface area contributed by atoms with Crippen molar-refractivity contribution in [2.75, 3.05) is 0 Å². The number of ether oxygens (including phenoxy) is 1. The van der Waals surface area contributed by atoms with Gasteiger partial charge in [-0.05, 0) is 40.7 Å². The van der Waals surface area contributed by atoms with Gasteiger partial charge in [-0.1, -0.05) is 0 Å². The Morgan fingerprint density at radius 3 is 2.22 bits per heavy atom. The molecule has 1 heterocycles. The Labute approximate surface area is 106 Å². The average Bonchev–Trinajstić information content (AvgIpc) is 2.63. The molecule has 100 valence electrons. The minimum absolute atomic E-state index is 0.105. The van der Waals surface area contributed by atoms with Crippen LogP contribution in [0.3, 0.4) is 0 Å². The van der Waals surface area contributed by atoms with Crippen LogP contribution in [0.25, 0.3) is 0 Å². The van der Waals surface area contributed by atoms with Crippen molar-refractivity contribution in [2.45, 2.75) is 45.8 Å². The topological polar surface area (TPSA) is 81.4 Å². The molecule has 18 heavy (non-hydrogen) atoms. The van der Waals surface area contributed by atoms with Gasteiger partial charge in [-0.15, -0.1) is 0 Å². The van der Waals surface area contributed by atoms with E-state index in [0.717, 1.165) is 0 Å². The Morgan fingerprint density at radius 2 is 1.83 bits per heavy atom. The molecule has 0 radical (unpaired) electrons. The third kappa shape index (κ3) is 3.09. The zero-order valence-electron chi connectivity index (χ0n) is 11.2. The number of nitrogens with zero attached hydrogens (tertiary/aromatic N) is 2. The molecule has 0 saturated carbocycles. The fraction of sp³-hybridized carbons (Fsp3) is 0.583. The summed E-state index contributed by atoms with van der Waals surface area (Å²) in [6, 6.07) is 1.34. The minimum atomic E-state index is -1.13. The van der Waals surface area contributed by atoms with Gasteiger partial charge < -0.3 is 9.84 Å². The number of carboxylic acid groups (broad SMARTS) is 1. The highest BCUT2D eigenvalue weighted by atomic mass is 16.6. The summed E-state index contributed by atoms with van der Waals surface area (Å²) in [5, 5.41) is 12.6. The Hall–Kier alpha value is -1.85. The van der Waals surface area contributed by atoms with E-state index in [1.807, 2.05) is 0 Å². The highest BCUT2D eigenvalue weighted by Crippen LogP contribution is 2.20. The second-order valence-corrected chi connectivity index (χ2v) is 5.51. The van der Waals surface area contributed by atoms with E-state index in [1.165, 1.54) is 16.9 Å². The molecule has 1 N–H and O–H groups in total. The first kappa shape index (κ1) is 14.2. The van der Waals surface area contributed by atoms with Crippen molar-refractivity contribution >= 4 is 11.9 Å². The lowest BCUT2D eigenvalue weighted by molar-refractivity contribution is -0.164. The molecular weight excluding hydrogens is 236 g/mol. The van der Waals surface area contributed by atoms with E-state index in [9.17, 15) is 9.59 Å². The highest BCUT2D eigenvalue weighted by Gasteiger charge is 2.35. The maximum atomic E-state index is 12.0. The van der Waals surface area contributed by atoms with Crippen molar-refractivity contribution in [1.29, 1.82) is 0 Å². The van der Waals surface area contributed by atoms with Gasteiger partial charge in [0, 0.05) is 6.20 Å². The number of carbonyl (C=O) groups excluding carboxylic acids is 1. The zero-order valence-corrected chi connectivity index (χ0v) is 11.2. The van der Waals surface area contributed by atoms with Crippen molar-refractivity contribution in [3.05, 3.63) is 18.0 Å². The lowest BCUT2D eigenvalue weighted by atomic mass is 10.1. The number of hydrogen-bond donors (Lipinski definition) is 1. The van der Waals surface area contributed by atoms with E-state index in [1.54, 1.807) is 34.6 Å². The first-order chi connectivity index (χ1) is 8.04. The molecule has 0 bridgehead atoms. The van der Waals surface area contributed by atoms with Gasteiger partial charge in [0.1, 0.15) is 5.60 Å². The molecule has 0 aliphatic heterocycles. The number of aromatic carboxylic acids is 1. The summed E-state index contributed by atoms with van der Waals surface area (Å²) in [5.74, 6) is -1.59. The monoisotopic (exact) mass is 254 g/mol. The largest absolute Gasteiger partial charge is 0.476 e. The van der Waals surface area contributed by atoms with Crippen LogP contribution in [-0.2, 0) is 15.1 Å². The van der Waals surface area contributed by atoms with Crippen LogP contribution in [0.4, 0.5) is 0 Å². The summed E-state index contributed by atoms with van der Waals surface area (Å²) in [5.41, 5.74) is -1.76. The lowest BCUT2D eigenvalue weighted by Gasteiger charge is -2.28. The number of hydrogen-bond acceptors (Lipinski definition) is 4. The van der Waals surface area contributed by atoms with Crippen LogP contribution in [-0.4, -0.2) is 32.4 Å². The van der Waals surface area contributed by atoms with Crippen LogP contribution in [0.1, 0.15) is 45.1 Å². The normalized spacial score (nSPS) is 12.3. The van der Waals surface area contributed by atoms with E-state index in [2.05, 4.69) is 5.10 Å². The Morgan fingerprint density at radius 1 is 1.28 bits per heavy atom. The van der Waals surface area contributed by atoms with Gasteiger partial charge in [-0.3, -0.25) is 4.68 Å². The van der Waals surface area contributed by atoms with Gasteiger partial charge in [-0.2, -0.15) is 5.10 Å². The molecule has 0 saturated heterocycles. The predicted octanol–water partition coefficient (Wildman–Crippen LogP) is 1.66. The standard InChI is InChI=1S/C12H18N2O4/c1-11(2,3)18-10(17)12(4,5)14-7-6-8(13-14)9(15)16/h6-7H,1-5H3,(H,15,16). The summed E-state index contributed by atoms with van der Waals surface area (Å²) < 4.78 is 6.58. The molecule has 1 aromatic heterocycles. The van der Waals surface area contributed by atoms with Crippen LogP contribution < -0.4 is 0 Å². The fourth-order valence-corrected chi connectivity index (χ4v) is 1.25. The molecule has 0 fully saturated rings. The molecule has 1 aromatic rings. The van der Waals surface area contributed by atoms with Gasteiger partial charge in [0.15, 0.2) is 11.2 Å². The molecule has 0 atom stereocenters. The molecule has 1 rings (SSSR count). The number of esters is 1. The molecule has 0 amide bonds. The molecule has 0 aliphatic rings. The van der Waals surface area contributed by atoms with E-state index >= 15 is 0 Å². The maximum Gasteiger partial charge on any atom is 0.356 e. The third-order valence-corrected chi connectivity index (χ3v) is 2.28. The second kappa shape index (κ2) is 4.44. The Balaban J connectivity index is 2.97. The molecule has 6 nitrogen and oxygen atoms in total. The van der Waals surface area contributed by atoms with Crippen LogP contribution in [0.2, 0.25) is 0 Å². The first-order valence-corrected chi connectivity index (χ1v) is 5.57. The summed E-state index contributed by atoms with van der Waals surface area (Å²) in [4.78, 5) is 22.8. The van der Waals surface area contributed by atoms with Gasteiger partial charge in [0.2, 0.25) is 0 Å². The van der Waals surface area contributed by atoms with E-state index in [-0.39, 0.29) is 5.69 Å².